The Morgan fingerprint density at radius 3 is 2.39 bits per heavy atom. The van der Waals surface area contributed by atoms with Gasteiger partial charge in [0.25, 0.3) is 0 Å². The van der Waals surface area contributed by atoms with E-state index in [0.717, 1.165) is 5.56 Å². The topological polar surface area (TPSA) is 75.1 Å². The zero-order chi connectivity index (χ0) is 13.2. The summed E-state index contributed by atoms with van der Waals surface area (Å²) in [5.41, 5.74) is 7.87. The molecule has 2 rings (SSSR count). The minimum atomic E-state index is -4.64. The van der Waals surface area contributed by atoms with Crippen LogP contribution in [0.1, 0.15) is 11.5 Å². The van der Waals surface area contributed by atoms with Gasteiger partial charge in [0.05, 0.1) is 6.54 Å². The molecule has 1 aromatic heterocycles. The van der Waals surface area contributed by atoms with E-state index in [0.29, 0.717) is 5.56 Å². The van der Waals surface area contributed by atoms with Crippen molar-refractivity contribution in [3.63, 3.8) is 0 Å². The second-order valence-corrected chi connectivity index (χ2v) is 3.43. The minimum Gasteiger partial charge on any atom is -0.329 e. The van der Waals surface area contributed by atoms with E-state index in [-0.39, 0.29) is 12.4 Å². The summed E-state index contributed by atoms with van der Waals surface area (Å²) in [6.07, 6.45) is -4.64. The summed E-state index contributed by atoms with van der Waals surface area (Å²) in [6.45, 7) is 0.223. The number of aromatic nitrogens is 2. The summed E-state index contributed by atoms with van der Waals surface area (Å²) in [5.74, 6) is -1.50. The lowest BCUT2D eigenvalue weighted by molar-refractivity contribution is -0.159. The van der Waals surface area contributed by atoms with Crippen LogP contribution >= 0.6 is 0 Å². The van der Waals surface area contributed by atoms with Crippen LogP contribution in [0.15, 0.2) is 33.9 Å². The Kier molecular flexibility index (Phi) is 3.09. The molecule has 0 spiro atoms. The van der Waals surface area contributed by atoms with Crippen LogP contribution in [-0.2, 0) is 12.7 Å². The molecule has 0 amide bonds. The predicted octanol–water partition coefficient (Wildman–Crippen LogP) is 3.29. The van der Waals surface area contributed by atoms with Crippen molar-refractivity contribution in [1.29, 1.82) is 5.53 Å². The Labute approximate surface area is 99.1 Å². The molecule has 0 aliphatic carbocycles. The van der Waals surface area contributed by atoms with Crippen molar-refractivity contribution < 1.29 is 17.7 Å². The van der Waals surface area contributed by atoms with Crippen LogP contribution in [0.4, 0.5) is 13.2 Å². The van der Waals surface area contributed by atoms with Gasteiger partial charge in [0.1, 0.15) is 0 Å². The Hall–Kier alpha value is -2.25. The summed E-state index contributed by atoms with van der Waals surface area (Å²) in [4.78, 5) is 3.26. The average Bonchev–Trinajstić information content (AvgIpc) is 2.79. The molecule has 0 fully saturated rings. The van der Waals surface area contributed by atoms with Crippen molar-refractivity contribution in [2.24, 2.45) is 5.11 Å². The zero-order valence-corrected chi connectivity index (χ0v) is 8.90. The molecule has 0 saturated heterocycles. The van der Waals surface area contributed by atoms with E-state index in [2.05, 4.69) is 19.8 Å². The van der Waals surface area contributed by atoms with E-state index in [1.54, 1.807) is 24.3 Å². The summed E-state index contributed by atoms with van der Waals surface area (Å²) >= 11 is 0. The SMILES string of the molecule is N=NCc1ccc(-c2noc(C(F)(F)F)n2)cc1. The van der Waals surface area contributed by atoms with E-state index in [1.807, 2.05) is 0 Å². The first-order valence-corrected chi connectivity index (χ1v) is 4.84. The van der Waals surface area contributed by atoms with Gasteiger partial charge in [0.15, 0.2) is 0 Å². The zero-order valence-electron chi connectivity index (χ0n) is 8.90. The smallest absolute Gasteiger partial charge is 0.329 e. The normalized spacial score (nSPS) is 11.5. The van der Waals surface area contributed by atoms with E-state index in [9.17, 15) is 13.2 Å². The second kappa shape index (κ2) is 4.55. The highest BCUT2D eigenvalue weighted by molar-refractivity contribution is 5.54. The predicted molar refractivity (Wildman–Crippen MR) is 53.6 cm³/mol. The van der Waals surface area contributed by atoms with Crippen molar-refractivity contribution in [3.05, 3.63) is 35.7 Å². The fourth-order valence-electron chi connectivity index (χ4n) is 1.31. The maximum absolute atomic E-state index is 12.3. The van der Waals surface area contributed by atoms with Gasteiger partial charge in [-0.15, -0.1) is 0 Å². The van der Waals surface area contributed by atoms with Crippen LogP contribution < -0.4 is 0 Å². The molecule has 1 N–H and O–H groups in total. The monoisotopic (exact) mass is 256 g/mol. The lowest BCUT2D eigenvalue weighted by Gasteiger charge is -1.97. The molecule has 94 valence electrons. The first kappa shape index (κ1) is 12.2. The van der Waals surface area contributed by atoms with Gasteiger partial charge in [-0.05, 0) is 5.56 Å². The number of halogens is 3. The second-order valence-electron chi connectivity index (χ2n) is 3.43. The molecule has 5 nitrogen and oxygen atoms in total. The van der Waals surface area contributed by atoms with Gasteiger partial charge >= 0.3 is 12.1 Å². The molecule has 18 heavy (non-hydrogen) atoms. The van der Waals surface area contributed by atoms with Crippen LogP contribution in [0, 0.1) is 5.53 Å². The standard InChI is InChI=1S/C10H7F3N4O/c11-10(12,13)9-16-8(17-18-9)7-3-1-6(2-4-7)5-15-14/h1-4,14H,5H2. The van der Waals surface area contributed by atoms with Crippen LogP contribution in [0.2, 0.25) is 0 Å². The van der Waals surface area contributed by atoms with E-state index >= 15 is 0 Å². The minimum absolute atomic E-state index is 0.128. The van der Waals surface area contributed by atoms with Gasteiger partial charge in [-0.3, -0.25) is 0 Å². The molecular weight excluding hydrogens is 249 g/mol. The Morgan fingerprint density at radius 1 is 1.22 bits per heavy atom. The number of hydrogen-bond acceptors (Lipinski definition) is 5. The molecule has 0 bridgehead atoms. The number of benzene rings is 1. The largest absolute Gasteiger partial charge is 0.471 e. The summed E-state index contributed by atoms with van der Waals surface area (Å²) in [5, 5.41) is 6.46. The van der Waals surface area contributed by atoms with E-state index < -0.39 is 12.1 Å². The Bertz CT molecular complexity index is 547. The molecule has 1 aromatic carbocycles. The maximum Gasteiger partial charge on any atom is 0.471 e. The lowest BCUT2D eigenvalue weighted by Crippen LogP contribution is -2.04. The summed E-state index contributed by atoms with van der Waals surface area (Å²) in [7, 11) is 0. The Balaban J connectivity index is 2.26. The lowest BCUT2D eigenvalue weighted by atomic mass is 10.1. The van der Waals surface area contributed by atoms with Crippen molar-refractivity contribution in [1.82, 2.24) is 10.1 Å². The molecule has 2 aromatic rings. The molecule has 1 heterocycles. The first-order valence-electron chi connectivity index (χ1n) is 4.84. The number of rotatable bonds is 3. The van der Waals surface area contributed by atoms with Crippen LogP contribution in [0.5, 0.6) is 0 Å². The molecule has 0 aliphatic heterocycles. The quantitative estimate of drug-likeness (QED) is 0.856. The highest BCUT2D eigenvalue weighted by atomic mass is 19.4. The van der Waals surface area contributed by atoms with Crippen molar-refractivity contribution >= 4 is 0 Å². The average molecular weight is 256 g/mol. The molecular formula is C10H7F3N4O. The summed E-state index contributed by atoms with van der Waals surface area (Å²) in [6, 6.07) is 6.37. The van der Waals surface area contributed by atoms with Crippen LogP contribution in [0.25, 0.3) is 11.4 Å². The van der Waals surface area contributed by atoms with Gasteiger partial charge < -0.3 is 4.52 Å². The van der Waals surface area contributed by atoms with Gasteiger partial charge in [0.2, 0.25) is 5.82 Å². The number of hydrogen-bond donors (Lipinski definition) is 1. The van der Waals surface area contributed by atoms with Gasteiger partial charge in [-0.2, -0.15) is 23.3 Å². The van der Waals surface area contributed by atoms with E-state index in [1.165, 1.54) is 0 Å². The van der Waals surface area contributed by atoms with Crippen molar-refractivity contribution in [2.45, 2.75) is 12.7 Å². The van der Waals surface area contributed by atoms with Crippen LogP contribution in [-0.4, -0.2) is 10.1 Å². The molecule has 8 heteroatoms. The molecule has 0 saturated carbocycles. The molecule has 0 radical (unpaired) electrons. The van der Waals surface area contributed by atoms with Gasteiger partial charge in [0, 0.05) is 5.56 Å². The first-order chi connectivity index (χ1) is 8.50. The third-order valence-corrected chi connectivity index (χ3v) is 2.14. The van der Waals surface area contributed by atoms with Crippen LogP contribution in [0.3, 0.4) is 0 Å². The fourth-order valence-corrected chi connectivity index (χ4v) is 1.31. The Morgan fingerprint density at radius 2 is 1.89 bits per heavy atom. The maximum atomic E-state index is 12.3. The van der Waals surface area contributed by atoms with E-state index in [4.69, 9.17) is 5.53 Å². The highest BCUT2D eigenvalue weighted by Gasteiger charge is 2.38. The van der Waals surface area contributed by atoms with Crippen molar-refractivity contribution in [2.75, 3.05) is 0 Å². The number of alkyl halides is 3. The fraction of sp³-hybridized carbons (Fsp3) is 0.200. The van der Waals surface area contributed by atoms with Gasteiger partial charge in [-0.25, -0.2) is 5.53 Å². The molecule has 0 aliphatic rings. The van der Waals surface area contributed by atoms with Gasteiger partial charge in [-0.1, -0.05) is 29.4 Å². The number of nitrogens with one attached hydrogen (secondary N) is 1. The molecule has 0 atom stereocenters. The molecule has 0 unspecified atom stereocenters. The third kappa shape index (κ3) is 2.53. The summed E-state index contributed by atoms with van der Waals surface area (Å²) < 4.78 is 40.9. The highest BCUT2D eigenvalue weighted by Crippen LogP contribution is 2.29. The van der Waals surface area contributed by atoms with Crippen molar-refractivity contribution in [3.8, 4) is 11.4 Å². The number of nitrogens with zero attached hydrogens (tertiary/aromatic N) is 3. The third-order valence-electron chi connectivity index (χ3n) is 2.14.